The molecule has 3 aromatic rings. The molecule has 0 aliphatic rings. The minimum Gasteiger partial charge on any atom is -0.493 e. The van der Waals surface area contributed by atoms with E-state index in [2.05, 4.69) is 15.4 Å². The molecule has 0 radical (unpaired) electrons. The van der Waals surface area contributed by atoms with Crippen molar-refractivity contribution >= 4 is 26.8 Å². The van der Waals surface area contributed by atoms with Crippen molar-refractivity contribution in [2.45, 2.75) is 13.5 Å². The summed E-state index contributed by atoms with van der Waals surface area (Å²) in [6, 6.07) is 3.85. The maximum absolute atomic E-state index is 5.38. The van der Waals surface area contributed by atoms with Crippen molar-refractivity contribution in [1.29, 1.82) is 0 Å². The zero-order chi connectivity index (χ0) is 17.3. The second kappa shape index (κ2) is 6.56. The van der Waals surface area contributed by atoms with Gasteiger partial charge < -0.3 is 19.5 Å². The van der Waals surface area contributed by atoms with E-state index in [4.69, 9.17) is 14.2 Å². The van der Waals surface area contributed by atoms with E-state index >= 15 is 0 Å². The van der Waals surface area contributed by atoms with Crippen molar-refractivity contribution in [2.24, 2.45) is 7.05 Å². The molecule has 0 saturated carbocycles. The molecular weight excluding hydrogens is 328 g/mol. The number of ether oxygens (including phenoxy) is 3. The maximum Gasteiger partial charge on any atom is 0.203 e. The lowest BCUT2D eigenvalue weighted by molar-refractivity contribution is 0.324. The first-order chi connectivity index (χ1) is 11.6. The molecule has 0 amide bonds. The Hall–Kier alpha value is -2.48. The van der Waals surface area contributed by atoms with Gasteiger partial charge in [-0.25, -0.2) is 9.67 Å². The van der Waals surface area contributed by atoms with Gasteiger partial charge in [0.15, 0.2) is 22.3 Å². The maximum atomic E-state index is 5.38. The van der Waals surface area contributed by atoms with Crippen LogP contribution in [0.1, 0.15) is 11.3 Å². The molecule has 2 aromatic heterocycles. The van der Waals surface area contributed by atoms with Gasteiger partial charge in [0, 0.05) is 13.6 Å². The number of nitrogens with one attached hydrogen (secondary N) is 1. The average molecular weight is 348 g/mol. The quantitative estimate of drug-likeness (QED) is 0.738. The number of fused-ring (bicyclic) bond motifs is 1. The van der Waals surface area contributed by atoms with E-state index in [1.807, 2.05) is 26.1 Å². The highest BCUT2D eigenvalue weighted by Gasteiger charge is 2.14. The summed E-state index contributed by atoms with van der Waals surface area (Å²) >= 11 is 1.60. The van der Waals surface area contributed by atoms with Crippen LogP contribution in [0.25, 0.3) is 10.3 Å². The standard InChI is InChI=1S/C16H20N4O3S/c1-9-14-15(20(2)19-9)18-16(24-14)17-8-10-6-11(21-3)13(23-5)12(7-10)22-4/h6-7H,8H2,1-5H3,(H,17,18). The fourth-order valence-corrected chi connectivity index (χ4v) is 3.50. The molecule has 1 aromatic carbocycles. The molecule has 8 heteroatoms. The van der Waals surface area contributed by atoms with Crippen LogP contribution in [0.3, 0.4) is 0 Å². The van der Waals surface area contributed by atoms with Crippen molar-refractivity contribution in [3.05, 3.63) is 23.4 Å². The monoisotopic (exact) mass is 348 g/mol. The highest BCUT2D eigenvalue weighted by atomic mass is 32.1. The van der Waals surface area contributed by atoms with E-state index in [0.29, 0.717) is 23.8 Å². The molecule has 0 bridgehead atoms. The molecule has 0 spiro atoms. The molecule has 0 saturated heterocycles. The summed E-state index contributed by atoms with van der Waals surface area (Å²) in [5.41, 5.74) is 2.90. The van der Waals surface area contributed by atoms with Crippen molar-refractivity contribution in [1.82, 2.24) is 14.8 Å². The van der Waals surface area contributed by atoms with Crippen molar-refractivity contribution in [3.63, 3.8) is 0 Å². The van der Waals surface area contributed by atoms with Gasteiger partial charge in [-0.15, -0.1) is 0 Å². The summed E-state index contributed by atoms with van der Waals surface area (Å²) < 4.78 is 19.0. The largest absolute Gasteiger partial charge is 0.493 e. The van der Waals surface area contributed by atoms with Gasteiger partial charge in [-0.3, -0.25) is 0 Å². The number of methoxy groups -OCH3 is 3. The third-order valence-electron chi connectivity index (χ3n) is 3.71. The zero-order valence-corrected chi connectivity index (χ0v) is 15.2. The Bertz CT molecular complexity index is 812. The lowest BCUT2D eigenvalue weighted by atomic mass is 10.2. The van der Waals surface area contributed by atoms with Crippen LogP contribution in [0.15, 0.2) is 12.1 Å². The Morgan fingerprint density at radius 2 is 1.79 bits per heavy atom. The number of hydrogen-bond donors (Lipinski definition) is 1. The summed E-state index contributed by atoms with van der Waals surface area (Å²) in [6.45, 7) is 2.59. The van der Waals surface area contributed by atoms with Crippen molar-refractivity contribution in [2.75, 3.05) is 26.6 Å². The van der Waals surface area contributed by atoms with E-state index in [1.54, 1.807) is 37.3 Å². The van der Waals surface area contributed by atoms with E-state index in [-0.39, 0.29) is 0 Å². The summed E-state index contributed by atoms with van der Waals surface area (Å²) in [5.74, 6) is 1.86. The number of hydrogen-bond acceptors (Lipinski definition) is 7. The van der Waals surface area contributed by atoms with Crippen LogP contribution in [-0.2, 0) is 13.6 Å². The smallest absolute Gasteiger partial charge is 0.203 e. The SMILES string of the molecule is COc1cc(CNc2nc3c(s2)c(C)nn3C)cc(OC)c1OC. The lowest BCUT2D eigenvalue weighted by Gasteiger charge is -2.14. The molecule has 1 N–H and O–H groups in total. The number of rotatable bonds is 6. The molecule has 24 heavy (non-hydrogen) atoms. The number of benzene rings is 1. The fraction of sp³-hybridized carbons (Fsp3) is 0.375. The van der Waals surface area contributed by atoms with Gasteiger partial charge in [-0.05, 0) is 24.6 Å². The summed E-state index contributed by atoms with van der Waals surface area (Å²) in [6.07, 6.45) is 0. The topological polar surface area (TPSA) is 70.4 Å². The van der Waals surface area contributed by atoms with Crippen LogP contribution in [0.5, 0.6) is 17.2 Å². The minimum atomic E-state index is 0.588. The number of nitrogens with zero attached hydrogens (tertiary/aromatic N) is 3. The van der Waals surface area contributed by atoms with Gasteiger partial charge in [0.05, 0.1) is 31.7 Å². The molecule has 3 rings (SSSR count). The van der Waals surface area contributed by atoms with E-state index in [9.17, 15) is 0 Å². The van der Waals surface area contributed by atoms with Crippen LogP contribution in [0, 0.1) is 6.92 Å². The van der Waals surface area contributed by atoms with Crippen LogP contribution >= 0.6 is 11.3 Å². The van der Waals surface area contributed by atoms with Gasteiger partial charge in [0.1, 0.15) is 0 Å². The normalized spacial score (nSPS) is 10.9. The first-order valence-corrected chi connectivity index (χ1v) is 8.22. The minimum absolute atomic E-state index is 0.588. The number of thiazole rings is 1. The highest BCUT2D eigenvalue weighted by molar-refractivity contribution is 7.22. The van der Waals surface area contributed by atoms with Crippen LogP contribution in [0.2, 0.25) is 0 Å². The highest BCUT2D eigenvalue weighted by Crippen LogP contribution is 2.38. The first kappa shape index (κ1) is 16.4. The summed E-state index contributed by atoms with van der Waals surface area (Å²) in [4.78, 5) is 4.59. The molecule has 0 unspecified atom stereocenters. The van der Waals surface area contributed by atoms with Crippen LogP contribution < -0.4 is 19.5 Å². The third kappa shape index (κ3) is 2.84. The molecule has 0 fully saturated rings. The first-order valence-electron chi connectivity index (χ1n) is 7.40. The second-order valence-corrected chi connectivity index (χ2v) is 6.27. The molecular formula is C16H20N4O3S. The van der Waals surface area contributed by atoms with Crippen molar-refractivity contribution in [3.8, 4) is 17.2 Å². The lowest BCUT2D eigenvalue weighted by Crippen LogP contribution is -2.02. The number of aromatic nitrogens is 3. The van der Waals surface area contributed by atoms with Gasteiger partial charge >= 0.3 is 0 Å². The average Bonchev–Trinajstić information content (AvgIpc) is 3.13. The molecule has 0 aliphatic heterocycles. The Balaban J connectivity index is 1.83. The van der Waals surface area contributed by atoms with E-state index in [1.165, 1.54) is 0 Å². The number of anilines is 1. The van der Waals surface area contributed by atoms with E-state index < -0.39 is 0 Å². The van der Waals surface area contributed by atoms with Gasteiger partial charge in [-0.1, -0.05) is 11.3 Å². The molecule has 2 heterocycles. The zero-order valence-electron chi connectivity index (χ0n) is 14.3. The van der Waals surface area contributed by atoms with Crippen molar-refractivity contribution < 1.29 is 14.2 Å². The molecule has 0 atom stereocenters. The Labute approximate surface area is 144 Å². The van der Waals surface area contributed by atoms with Gasteiger partial charge in [0.2, 0.25) is 5.75 Å². The molecule has 7 nitrogen and oxygen atoms in total. The number of aryl methyl sites for hydroxylation is 2. The summed E-state index contributed by atoms with van der Waals surface area (Å²) in [7, 11) is 6.71. The fourth-order valence-electron chi connectivity index (χ4n) is 2.58. The molecule has 0 aliphatic carbocycles. The molecule has 128 valence electrons. The van der Waals surface area contributed by atoms with Gasteiger partial charge in [0.25, 0.3) is 0 Å². The van der Waals surface area contributed by atoms with E-state index in [0.717, 1.165) is 26.7 Å². The Morgan fingerprint density at radius 3 is 2.33 bits per heavy atom. The van der Waals surface area contributed by atoms with Gasteiger partial charge in [-0.2, -0.15) is 5.10 Å². The third-order valence-corrected chi connectivity index (χ3v) is 4.82. The predicted molar refractivity (Wildman–Crippen MR) is 94.5 cm³/mol. The Morgan fingerprint density at radius 1 is 1.12 bits per heavy atom. The van der Waals surface area contributed by atoms with Crippen LogP contribution in [-0.4, -0.2) is 36.1 Å². The van der Waals surface area contributed by atoms with Crippen LogP contribution in [0.4, 0.5) is 5.13 Å². The Kier molecular flexibility index (Phi) is 4.48. The second-order valence-electron chi connectivity index (χ2n) is 5.27. The summed E-state index contributed by atoms with van der Waals surface area (Å²) in [5, 5.41) is 8.57. The predicted octanol–water partition coefficient (Wildman–Crippen LogP) is 2.98.